The van der Waals surface area contributed by atoms with Gasteiger partial charge in [0.2, 0.25) is 0 Å². The van der Waals surface area contributed by atoms with Crippen LogP contribution in [0.15, 0.2) is 35.2 Å². The number of allylic oxidation sites excluding steroid dienone is 2. The van der Waals surface area contributed by atoms with Gasteiger partial charge in [-0.25, -0.2) is 0 Å². The van der Waals surface area contributed by atoms with Crippen LogP contribution in [0.3, 0.4) is 0 Å². The van der Waals surface area contributed by atoms with Crippen molar-refractivity contribution in [1.82, 2.24) is 0 Å². The molecule has 0 bridgehead atoms. The Morgan fingerprint density at radius 2 is 1.94 bits per heavy atom. The first-order chi connectivity index (χ1) is 8.31. The Kier molecular flexibility index (Phi) is 4.55. The third-order valence-corrected chi connectivity index (χ3v) is 4.41. The van der Waals surface area contributed by atoms with Crippen molar-refractivity contribution in [3.8, 4) is 5.75 Å². The van der Waals surface area contributed by atoms with Crippen molar-refractivity contribution in [3.63, 3.8) is 0 Å². The molecular formula is C15H19OS. The summed E-state index contributed by atoms with van der Waals surface area (Å²) in [5.74, 6) is 0.937. The topological polar surface area (TPSA) is 9.23 Å². The van der Waals surface area contributed by atoms with Crippen molar-refractivity contribution in [2.24, 2.45) is 0 Å². The molecule has 1 aromatic carbocycles. The maximum atomic E-state index is 5.16. The van der Waals surface area contributed by atoms with Gasteiger partial charge in [0.05, 0.1) is 7.11 Å². The lowest BCUT2D eigenvalue weighted by Gasteiger charge is -2.09. The molecule has 0 saturated carbocycles. The Labute approximate surface area is 108 Å². The monoisotopic (exact) mass is 247 g/mol. The van der Waals surface area contributed by atoms with Gasteiger partial charge in [-0.05, 0) is 48.3 Å². The fraction of sp³-hybridized carbons (Fsp3) is 0.400. The molecular weight excluding hydrogens is 228 g/mol. The van der Waals surface area contributed by atoms with Crippen LogP contribution in [0.25, 0.3) is 0 Å². The minimum Gasteiger partial charge on any atom is -0.497 e. The third-order valence-electron chi connectivity index (χ3n) is 3.03. The van der Waals surface area contributed by atoms with E-state index in [2.05, 4.69) is 25.1 Å². The molecule has 17 heavy (non-hydrogen) atoms. The summed E-state index contributed by atoms with van der Waals surface area (Å²) in [5, 5.41) is 1.61. The summed E-state index contributed by atoms with van der Waals surface area (Å²) in [7, 11) is 1.71. The van der Waals surface area contributed by atoms with E-state index in [0.717, 1.165) is 12.2 Å². The van der Waals surface area contributed by atoms with Crippen LogP contribution < -0.4 is 4.74 Å². The second-order valence-electron chi connectivity index (χ2n) is 4.22. The molecule has 1 aliphatic heterocycles. The molecule has 0 saturated heterocycles. The molecule has 2 heteroatoms. The number of thioether (sulfide) groups is 1. The standard InChI is InChI=1S/C15H19OS/c1-3-14-10-11-15(17-14)9-6-12-4-7-13(16-2)8-5-12/h4-5,7-8,10H,3,6,9,11H2,1-2H3. The van der Waals surface area contributed by atoms with E-state index < -0.39 is 0 Å². The first-order valence-corrected chi connectivity index (χ1v) is 6.98. The summed E-state index contributed by atoms with van der Waals surface area (Å²) in [6.07, 6.45) is 7.04. The highest BCUT2D eigenvalue weighted by atomic mass is 32.2. The van der Waals surface area contributed by atoms with Crippen LogP contribution in [0.5, 0.6) is 5.75 Å². The van der Waals surface area contributed by atoms with Crippen LogP contribution in [-0.2, 0) is 6.42 Å². The van der Waals surface area contributed by atoms with Crippen LogP contribution in [0.1, 0.15) is 31.7 Å². The number of methoxy groups -OCH3 is 1. The van der Waals surface area contributed by atoms with Crippen LogP contribution in [0.2, 0.25) is 0 Å². The molecule has 1 heterocycles. The van der Waals surface area contributed by atoms with Crippen molar-refractivity contribution in [1.29, 1.82) is 0 Å². The highest BCUT2D eigenvalue weighted by molar-refractivity contribution is 8.06. The van der Waals surface area contributed by atoms with Crippen LogP contribution >= 0.6 is 11.8 Å². The highest BCUT2D eigenvalue weighted by Gasteiger charge is 2.17. The van der Waals surface area contributed by atoms with Crippen LogP contribution in [0.4, 0.5) is 0 Å². The molecule has 0 spiro atoms. The Morgan fingerprint density at radius 3 is 2.53 bits per heavy atom. The molecule has 0 amide bonds. The van der Waals surface area contributed by atoms with Gasteiger partial charge in [0, 0.05) is 5.25 Å². The predicted molar refractivity (Wildman–Crippen MR) is 75.1 cm³/mol. The summed E-state index contributed by atoms with van der Waals surface area (Å²) in [4.78, 5) is 1.54. The number of aryl methyl sites for hydroxylation is 1. The van der Waals surface area contributed by atoms with Gasteiger partial charge in [0.25, 0.3) is 0 Å². The van der Waals surface area contributed by atoms with Gasteiger partial charge >= 0.3 is 0 Å². The van der Waals surface area contributed by atoms with Gasteiger partial charge in [-0.15, -0.1) is 11.8 Å². The summed E-state index contributed by atoms with van der Waals surface area (Å²) >= 11 is 1.99. The summed E-state index contributed by atoms with van der Waals surface area (Å²) in [5.41, 5.74) is 1.39. The fourth-order valence-corrected chi connectivity index (χ4v) is 2.99. The predicted octanol–water partition coefficient (Wildman–Crippen LogP) is 4.59. The largest absolute Gasteiger partial charge is 0.497 e. The number of rotatable bonds is 5. The van der Waals surface area contributed by atoms with Gasteiger partial charge in [-0.3, -0.25) is 0 Å². The van der Waals surface area contributed by atoms with E-state index in [-0.39, 0.29) is 0 Å². The Bertz CT molecular complexity index is 380. The van der Waals surface area contributed by atoms with E-state index in [0.29, 0.717) is 0 Å². The lowest BCUT2D eigenvalue weighted by molar-refractivity contribution is 0.414. The molecule has 91 valence electrons. The number of benzene rings is 1. The summed E-state index contributed by atoms with van der Waals surface area (Å²) < 4.78 is 5.16. The molecule has 0 aliphatic carbocycles. The average molecular weight is 247 g/mol. The molecule has 0 aromatic heterocycles. The van der Waals surface area contributed by atoms with Crippen molar-refractivity contribution in [2.45, 2.75) is 32.6 Å². The zero-order valence-electron chi connectivity index (χ0n) is 10.5. The minimum atomic E-state index is 0.937. The van der Waals surface area contributed by atoms with Crippen LogP contribution in [0, 0.1) is 5.25 Å². The SMILES string of the molecule is CCC1=CC[C](CCc2ccc(OC)cc2)S1. The fourth-order valence-electron chi connectivity index (χ4n) is 1.94. The Morgan fingerprint density at radius 1 is 1.18 bits per heavy atom. The number of hydrogen-bond acceptors (Lipinski definition) is 2. The van der Waals surface area contributed by atoms with E-state index in [4.69, 9.17) is 4.74 Å². The number of ether oxygens (including phenoxy) is 1. The number of hydrogen-bond donors (Lipinski definition) is 0. The Hall–Kier alpha value is -0.890. The van der Waals surface area contributed by atoms with Gasteiger partial charge in [0.1, 0.15) is 5.75 Å². The van der Waals surface area contributed by atoms with E-state index in [1.807, 2.05) is 23.9 Å². The second kappa shape index (κ2) is 6.15. The molecule has 1 aliphatic rings. The molecule has 0 atom stereocenters. The highest BCUT2D eigenvalue weighted by Crippen LogP contribution is 2.42. The smallest absolute Gasteiger partial charge is 0.118 e. The normalized spacial score (nSPS) is 16.0. The van der Waals surface area contributed by atoms with Crippen molar-refractivity contribution < 1.29 is 4.74 Å². The van der Waals surface area contributed by atoms with E-state index >= 15 is 0 Å². The van der Waals surface area contributed by atoms with Crippen molar-refractivity contribution >= 4 is 11.8 Å². The molecule has 1 aromatic rings. The zero-order valence-corrected chi connectivity index (χ0v) is 11.3. The van der Waals surface area contributed by atoms with Gasteiger partial charge in [-0.1, -0.05) is 25.1 Å². The molecule has 0 N–H and O–H groups in total. The lowest BCUT2D eigenvalue weighted by Crippen LogP contribution is -1.92. The van der Waals surface area contributed by atoms with Crippen LogP contribution in [-0.4, -0.2) is 7.11 Å². The Balaban J connectivity index is 1.78. The van der Waals surface area contributed by atoms with Crippen molar-refractivity contribution in [3.05, 3.63) is 46.1 Å². The molecule has 1 radical (unpaired) electrons. The summed E-state index contributed by atoms with van der Waals surface area (Å²) in [6.45, 7) is 2.23. The second-order valence-corrected chi connectivity index (χ2v) is 5.52. The van der Waals surface area contributed by atoms with E-state index in [1.165, 1.54) is 29.7 Å². The van der Waals surface area contributed by atoms with Gasteiger partial charge < -0.3 is 4.74 Å². The van der Waals surface area contributed by atoms with Gasteiger partial charge in [-0.2, -0.15) is 0 Å². The quantitative estimate of drug-likeness (QED) is 0.752. The average Bonchev–Trinajstić information content (AvgIpc) is 2.85. The molecule has 0 fully saturated rings. The first kappa shape index (κ1) is 12.6. The molecule has 0 unspecified atom stereocenters. The molecule has 2 rings (SSSR count). The lowest BCUT2D eigenvalue weighted by atomic mass is 10.1. The summed E-state index contributed by atoms with van der Waals surface area (Å²) in [6, 6.07) is 8.40. The maximum Gasteiger partial charge on any atom is 0.118 e. The maximum absolute atomic E-state index is 5.16. The van der Waals surface area contributed by atoms with Crippen molar-refractivity contribution in [2.75, 3.05) is 7.11 Å². The first-order valence-electron chi connectivity index (χ1n) is 6.16. The van der Waals surface area contributed by atoms with E-state index in [9.17, 15) is 0 Å². The molecule has 1 nitrogen and oxygen atoms in total. The zero-order chi connectivity index (χ0) is 12.1. The van der Waals surface area contributed by atoms with Gasteiger partial charge in [0.15, 0.2) is 0 Å². The van der Waals surface area contributed by atoms with E-state index in [1.54, 1.807) is 12.4 Å². The third kappa shape index (κ3) is 3.53. The minimum absolute atomic E-state index is 0.937.